The zero-order valence-electron chi connectivity index (χ0n) is 14.8. The number of hydrogen-bond acceptors (Lipinski definition) is 4. The van der Waals surface area contributed by atoms with E-state index < -0.39 is 0 Å². The van der Waals surface area contributed by atoms with Crippen molar-refractivity contribution in [2.45, 2.75) is 13.8 Å². The van der Waals surface area contributed by atoms with Gasteiger partial charge in [-0.1, -0.05) is 12.1 Å². The van der Waals surface area contributed by atoms with E-state index in [-0.39, 0.29) is 18.4 Å². The molecule has 0 atom stereocenters. The number of nitrogens with one attached hydrogen (secondary N) is 2. The second-order valence-corrected chi connectivity index (χ2v) is 5.54. The van der Waals surface area contributed by atoms with E-state index in [0.29, 0.717) is 5.69 Å². The van der Waals surface area contributed by atoms with Gasteiger partial charge in [0.25, 0.3) is 0 Å². The number of benzene rings is 1. The van der Waals surface area contributed by atoms with Crippen LogP contribution in [0.5, 0.6) is 5.75 Å². The highest BCUT2D eigenvalue weighted by Crippen LogP contribution is 2.17. The van der Waals surface area contributed by atoms with Crippen molar-refractivity contribution in [1.82, 2.24) is 15.1 Å². The van der Waals surface area contributed by atoms with Crippen molar-refractivity contribution in [3.05, 3.63) is 47.3 Å². The van der Waals surface area contributed by atoms with Crippen LogP contribution in [-0.2, 0) is 16.6 Å². The van der Waals surface area contributed by atoms with Crippen LogP contribution in [0.2, 0.25) is 0 Å². The van der Waals surface area contributed by atoms with E-state index in [1.54, 1.807) is 17.9 Å². The van der Waals surface area contributed by atoms with Gasteiger partial charge in [-0.15, -0.1) is 0 Å². The molecule has 1 heterocycles. The molecule has 0 aliphatic rings. The van der Waals surface area contributed by atoms with Crippen LogP contribution in [0.1, 0.15) is 17.0 Å². The van der Waals surface area contributed by atoms with Gasteiger partial charge in [0.1, 0.15) is 5.75 Å². The fourth-order valence-corrected chi connectivity index (χ4v) is 2.25. The maximum atomic E-state index is 12.0. The Hall–Kier alpha value is -3.09. The van der Waals surface area contributed by atoms with E-state index in [9.17, 15) is 9.59 Å². The Labute approximate surface area is 146 Å². The summed E-state index contributed by atoms with van der Waals surface area (Å²) in [6.45, 7) is 3.57. The molecular weight excluding hydrogens is 320 g/mol. The Bertz CT molecular complexity index is 791. The van der Waals surface area contributed by atoms with Crippen molar-refractivity contribution in [2.24, 2.45) is 7.05 Å². The van der Waals surface area contributed by atoms with Crippen LogP contribution in [0.25, 0.3) is 6.08 Å². The molecule has 0 saturated heterocycles. The number of nitrogens with zero attached hydrogens (tertiary/aromatic N) is 2. The number of amides is 2. The second kappa shape index (κ2) is 8.14. The van der Waals surface area contributed by atoms with Crippen molar-refractivity contribution >= 4 is 23.6 Å². The van der Waals surface area contributed by atoms with Gasteiger partial charge < -0.3 is 15.4 Å². The van der Waals surface area contributed by atoms with Gasteiger partial charge in [-0.2, -0.15) is 5.10 Å². The molecule has 2 N–H and O–H groups in total. The Balaban J connectivity index is 1.84. The second-order valence-electron chi connectivity index (χ2n) is 5.54. The predicted octanol–water partition coefficient (Wildman–Crippen LogP) is 1.81. The molecule has 7 nitrogen and oxygen atoms in total. The van der Waals surface area contributed by atoms with Gasteiger partial charge in [0.15, 0.2) is 0 Å². The zero-order valence-corrected chi connectivity index (χ0v) is 14.8. The number of aryl methyl sites for hydroxylation is 2. The van der Waals surface area contributed by atoms with Crippen LogP contribution in [0.3, 0.4) is 0 Å². The molecule has 25 heavy (non-hydrogen) atoms. The Kier molecular flexibility index (Phi) is 5.94. The highest BCUT2D eigenvalue weighted by atomic mass is 16.5. The minimum absolute atomic E-state index is 0.112. The summed E-state index contributed by atoms with van der Waals surface area (Å²) in [7, 11) is 3.40. The SMILES string of the molecule is COc1ccc(/C=C/C(=O)NCC(=O)Nc2c(C)nn(C)c2C)cc1. The predicted molar refractivity (Wildman–Crippen MR) is 96.3 cm³/mol. The number of anilines is 1. The molecule has 1 aromatic heterocycles. The molecule has 0 spiro atoms. The molecule has 0 saturated carbocycles. The fourth-order valence-electron chi connectivity index (χ4n) is 2.25. The lowest BCUT2D eigenvalue weighted by Crippen LogP contribution is -2.31. The Morgan fingerprint density at radius 3 is 2.48 bits per heavy atom. The first-order valence-electron chi connectivity index (χ1n) is 7.80. The molecule has 132 valence electrons. The zero-order chi connectivity index (χ0) is 18.4. The summed E-state index contributed by atoms with van der Waals surface area (Å²) < 4.78 is 6.77. The summed E-state index contributed by atoms with van der Waals surface area (Å²) >= 11 is 0. The summed E-state index contributed by atoms with van der Waals surface area (Å²) in [5.74, 6) is 0.107. The molecule has 7 heteroatoms. The molecule has 2 amide bonds. The summed E-state index contributed by atoms with van der Waals surface area (Å²) in [4.78, 5) is 23.8. The van der Waals surface area contributed by atoms with Crippen molar-refractivity contribution in [3.63, 3.8) is 0 Å². The molecule has 0 unspecified atom stereocenters. The number of aromatic nitrogens is 2. The van der Waals surface area contributed by atoms with Crippen LogP contribution in [-0.4, -0.2) is 35.2 Å². The average Bonchev–Trinajstić information content (AvgIpc) is 2.84. The van der Waals surface area contributed by atoms with Gasteiger partial charge in [-0.3, -0.25) is 14.3 Å². The van der Waals surface area contributed by atoms with E-state index in [1.807, 2.05) is 45.2 Å². The topological polar surface area (TPSA) is 85.2 Å². The number of ether oxygens (including phenoxy) is 1. The van der Waals surface area contributed by atoms with Crippen molar-refractivity contribution < 1.29 is 14.3 Å². The first-order valence-corrected chi connectivity index (χ1v) is 7.80. The van der Waals surface area contributed by atoms with Crippen LogP contribution >= 0.6 is 0 Å². The smallest absolute Gasteiger partial charge is 0.244 e. The van der Waals surface area contributed by atoms with Crippen LogP contribution in [0.4, 0.5) is 5.69 Å². The third-order valence-corrected chi connectivity index (χ3v) is 3.74. The lowest BCUT2D eigenvalue weighted by molar-refractivity contribution is -0.121. The minimum Gasteiger partial charge on any atom is -0.497 e. The highest BCUT2D eigenvalue weighted by Gasteiger charge is 2.12. The average molecular weight is 342 g/mol. The van der Waals surface area contributed by atoms with E-state index in [0.717, 1.165) is 22.7 Å². The van der Waals surface area contributed by atoms with Gasteiger partial charge in [0.05, 0.1) is 30.7 Å². The van der Waals surface area contributed by atoms with Gasteiger partial charge in [0, 0.05) is 13.1 Å². The summed E-state index contributed by atoms with van der Waals surface area (Å²) in [6.07, 6.45) is 3.05. The molecule has 0 fully saturated rings. The number of hydrogen-bond donors (Lipinski definition) is 2. The van der Waals surface area contributed by atoms with Gasteiger partial charge in [0.2, 0.25) is 11.8 Å². The first-order chi connectivity index (χ1) is 11.9. The lowest BCUT2D eigenvalue weighted by Gasteiger charge is -2.06. The fraction of sp³-hybridized carbons (Fsp3) is 0.278. The van der Waals surface area contributed by atoms with Gasteiger partial charge in [-0.05, 0) is 37.6 Å². The molecule has 2 rings (SSSR count). The Morgan fingerprint density at radius 2 is 1.92 bits per heavy atom. The van der Waals surface area contributed by atoms with Crippen molar-refractivity contribution in [2.75, 3.05) is 19.0 Å². The van der Waals surface area contributed by atoms with Gasteiger partial charge in [-0.25, -0.2) is 0 Å². The summed E-state index contributed by atoms with van der Waals surface area (Å²) in [5.41, 5.74) is 3.13. The molecular formula is C18H22N4O3. The third kappa shape index (κ3) is 4.94. The normalized spacial score (nSPS) is 10.7. The minimum atomic E-state index is -0.342. The number of methoxy groups -OCH3 is 1. The molecule has 0 radical (unpaired) electrons. The molecule has 2 aromatic rings. The van der Waals surface area contributed by atoms with E-state index in [4.69, 9.17) is 4.74 Å². The summed E-state index contributed by atoms with van der Waals surface area (Å²) in [6, 6.07) is 7.29. The highest BCUT2D eigenvalue weighted by molar-refractivity contribution is 5.98. The van der Waals surface area contributed by atoms with Crippen molar-refractivity contribution in [1.29, 1.82) is 0 Å². The summed E-state index contributed by atoms with van der Waals surface area (Å²) in [5, 5.41) is 9.55. The van der Waals surface area contributed by atoms with E-state index in [1.165, 1.54) is 6.08 Å². The maximum absolute atomic E-state index is 12.0. The van der Waals surface area contributed by atoms with Crippen LogP contribution < -0.4 is 15.4 Å². The largest absolute Gasteiger partial charge is 0.497 e. The van der Waals surface area contributed by atoms with Crippen LogP contribution in [0.15, 0.2) is 30.3 Å². The number of rotatable bonds is 6. The lowest BCUT2D eigenvalue weighted by atomic mass is 10.2. The molecule has 0 aliphatic heterocycles. The maximum Gasteiger partial charge on any atom is 0.244 e. The number of carbonyl (C=O) groups is 2. The standard InChI is InChI=1S/C18H22N4O3/c1-12-18(13(2)22(3)21-12)20-17(24)11-19-16(23)10-7-14-5-8-15(25-4)9-6-14/h5-10H,11H2,1-4H3,(H,19,23)(H,20,24)/b10-7+. The molecule has 0 aliphatic carbocycles. The third-order valence-electron chi connectivity index (χ3n) is 3.74. The first kappa shape index (κ1) is 18.3. The van der Waals surface area contributed by atoms with Gasteiger partial charge >= 0.3 is 0 Å². The van der Waals surface area contributed by atoms with E-state index >= 15 is 0 Å². The monoisotopic (exact) mass is 342 g/mol. The molecule has 0 bridgehead atoms. The number of carbonyl (C=O) groups excluding carboxylic acids is 2. The van der Waals surface area contributed by atoms with Crippen LogP contribution in [0, 0.1) is 13.8 Å². The molecule has 1 aromatic carbocycles. The quantitative estimate of drug-likeness (QED) is 0.784. The van der Waals surface area contributed by atoms with E-state index in [2.05, 4.69) is 15.7 Å². The Morgan fingerprint density at radius 1 is 1.24 bits per heavy atom. The van der Waals surface area contributed by atoms with Crippen molar-refractivity contribution in [3.8, 4) is 5.75 Å².